The topological polar surface area (TPSA) is 84.7 Å². The highest BCUT2D eigenvalue weighted by atomic mass is 16.5. The second-order valence-electron chi connectivity index (χ2n) is 8.17. The zero-order chi connectivity index (χ0) is 25.3. The number of para-hydroxylation sites is 2. The van der Waals surface area contributed by atoms with Crippen molar-refractivity contribution in [1.82, 2.24) is 9.88 Å². The molecule has 0 atom stereocenters. The van der Waals surface area contributed by atoms with Crippen molar-refractivity contribution in [2.24, 2.45) is 0 Å². The number of carbonyl (C=O) groups is 2. The molecule has 0 radical (unpaired) electrons. The standard InChI is InChI=1S/C29H29N3O4/c1-3-32(20-25(33)30-23-16-10-11-17-24(23)35-2)27(34)19-18-26-31-28(21-12-6-4-7-13-21)29(36-26)22-14-8-5-9-15-22/h4-17H,3,18-20H2,1-2H3,(H,30,33). The number of aromatic nitrogens is 1. The van der Waals surface area contributed by atoms with E-state index in [-0.39, 0.29) is 24.8 Å². The van der Waals surface area contributed by atoms with Crippen LogP contribution in [0.25, 0.3) is 22.6 Å². The lowest BCUT2D eigenvalue weighted by Gasteiger charge is -2.20. The van der Waals surface area contributed by atoms with Crippen molar-refractivity contribution in [1.29, 1.82) is 0 Å². The number of benzene rings is 3. The number of oxazole rings is 1. The summed E-state index contributed by atoms with van der Waals surface area (Å²) in [5.41, 5.74) is 3.17. The SMILES string of the molecule is CCN(CC(=O)Nc1ccccc1OC)C(=O)CCc1nc(-c2ccccc2)c(-c2ccccc2)o1. The van der Waals surface area contributed by atoms with E-state index >= 15 is 0 Å². The minimum Gasteiger partial charge on any atom is -0.495 e. The molecule has 7 nitrogen and oxygen atoms in total. The Morgan fingerprint density at radius 2 is 1.56 bits per heavy atom. The van der Waals surface area contributed by atoms with Crippen LogP contribution in [0, 0.1) is 0 Å². The second-order valence-corrected chi connectivity index (χ2v) is 8.17. The molecular formula is C29H29N3O4. The molecule has 0 fully saturated rings. The molecule has 0 saturated heterocycles. The normalized spacial score (nSPS) is 10.6. The predicted octanol–water partition coefficient (Wildman–Crippen LogP) is 5.44. The van der Waals surface area contributed by atoms with Gasteiger partial charge in [-0.1, -0.05) is 72.8 Å². The van der Waals surface area contributed by atoms with Crippen LogP contribution in [0.3, 0.4) is 0 Å². The lowest BCUT2D eigenvalue weighted by atomic mass is 10.1. The molecule has 1 heterocycles. The van der Waals surface area contributed by atoms with Crippen molar-refractivity contribution in [2.45, 2.75) is 19.8 Å². The van der Waals surface area contributed by atoms with E-state index in [0.717, 1.165) is 16.8 Å². The highest BCUT2D eigenvalue weighted by Crippen LogP contribution is 2.33. The number of ether oxygens (including phenoxy) is 1. The van der Waals surface area contributed by atoms with Crippen molar-refractivity contribution >= 4 is 17.5 Å². The quantitative estimate of drug-likeness (QED) is 0.325. The smallest absolute Gasteiger partial charge is 0.244 e. The van der Waals surface area contributed by atoms with Gasteiger partial charge in [0.25, 0.3) is 0 Å². The Morgan fingerprint density at radius 1 is 0.917 bits per heavy atom. The third-order valence-corrected chi connectivity index (χ3v) is 5.76. The number of carbonyl (C=O) groups excluding carboxylic acids is 2. The van der Waals surface area contributed by atoms with E-state index in [0.29, 0.717) is 36.1 Å². The highest BCUT2D eigenvalue weighted by Gasteiger charge is 2.20. The summed E-state index contributed by atoms with van der Waals surface area (Å²) in [6.07, 6.45) is 0.509. The van der Waals surface area contributed by atoms with E-state index in [4.69, 9.17) is 14.1 Å². The van der Waals surface area contributed by atoms with Crippen molar-refractivity contribution in [2.75, 3.05) is 25.5 Å². The molecule has 0 aliphatic carbocycles. The highest BCUT2D eigenvalue weighted by molar-refractivity contribution is 5.95. The summed E-state index contributed by atoms with van der Waals surface area (Å²) in [7, 11) is 1.54. The fourth-order valence-corrected chi connectivity index (χ4v) is 3.91. The number of nitrogens with zero attached hydrogens (tertiary/aromatic N) is 2. The van der Waals surface area contributed by atoms with Gasteiger partial charge >= 0.3 is 0 Å². The lowest BCUT2D eigenvalue weighted by molar-refractivity contribution is -0.134. The van der Waals surface area contributed by atoms with Gasteiger partial charge in [0.1, 0.15) is 11.4 Å². The Hall–Kier alpha value is -4.39. The summed E-state index contributed by atoms with van der Waals surface area (Å²) in [5, 5.41) is 2.81. The molecule has 3 aromatic carbocycles. The van der Waals surface area contributed by atoms with Crippen LogP contribution in [0.15, 0.2) is 89.3 Å². The first-order chi connectivity index (χ1) is 17.6. The van der Waals surface area contributed by atoms with Gasteiger partial charge in [-0.05, 0) is 19.1 Å². The third kappa shape index (κ3) is 5.99. The molecule has 1 N–H and O–H groups in total. The van der Waals surface area contributed by atoms with Gasteiger partial charge in [-0.2, -0.15) is 0 Å². The number of nitrogens with one attached hydrogen (secondary N) is 1. The minimum absolute atomic E-state index is 0.0521. The van der Waals surface area contributed by atoms with E-state index in [1.165, 1.54) is 4.90 Å². The fraction of sp³-hybridized carbons (Fsp3) is 0.207. The van der Waals surface area contributed by atoms with Crippen LogP contribution in [0.4, 0.5) is 5.69 Å². The van der Waals surface area contributed by atoms with Crippen molar-refractivity contribution in [3.8, 4) is 28.3 Å². The maximum Gasteiger partial charge on any atom is 0.244 e. The number of aryl methyl sites for hydroxylation is 1. The van der Waals surface area contributed by atoms with Crippen LogP contribution in [-0.4, -0.2) is 41.9 Å². The summed E-state index contributed by atoms with van der Waals surface area (Å²) in [6, 6.07) is 26.8. The third-order valence-electron chi connectivity index (χ3n) is 5.76. The van der Waals surface area contributed by atoms with Gasteiger partial charge in [-0.15, -0.1) is 0 Å². The average Bonchev–Trinajstić information content (AvgIpc) is 3.36. The van der Waals surface area contributed by atoms with E-state index < -0.39 is 0 Å². The van der Waals surface area contributed by atoms with E-state index in [9.17, 15) is 9.59 Å². The Balaban J connectivity index is 1.44. The number of likely N-dealkylation sites (N-methyl/N-ethyl adjacent to an activating group) is 1. The Kier molecular flexibility index (Phi) is 8.13. The largest absolute Gasteiger partial charge is 0.495 e. The van der Waals surface area contributed by atoms with Crippen LogP contribution < -0.4 is 10.1 Å². The van der Waals surface area contributed by atoms with Crippen molar-refractivity contribution in [3.63, 3.8) is 0 Å². The molecule has 184 valence electrons. The van der Waals surface area contributed by atoms with Crippen LogP contribution in [-0.2, 0) is 16.0 Å². The second kappa shape index (κ2) is 11.8. The van der Waals surface area contributed by atoms with Gasteiger partial charge in [0.05, 0.1) is 19.3 Å². The Morgan fingerprint density at radius 3 is 2.22 bits per heavy atom. The molecule has 0 spiro atoms. The summed E-state index contributed by atoms with van der Waals surface area (Å²) in [4.78, 5) is 31.8. The van der Waals surface area contributed by atoms with E-state index in [1.54, 1.807) is 19.2 Å². The molecule has 4 rings (SSSR count). The summed E-state index contributed by atoms with van der Waals surface area (Å²) in [6.45, 7) is 2.21. The number of hydrogen-bond donors (Lipinski definition) is 1. The van der Waals surface area contributed by atoms with Crippen LogP contribution in [0.5, 0.6) is 5.75 Å². The van der Waals surface area contributed by atoms with Gasteiger partial charge in [0.15, 0.2) is 11.7 Å². The molecule has 36 heavy (non-hydrogen) atoms. The number of rotatable bonds is 10. The number of methoxy groups -OCH3 is 1. The fourth-order valence-electron chi connectivity index (χ4n) is 3.91. The lowest BCUT2D eigenvalue weighted by Crippen LogP contribution is -2.38. The molecule has 0 bridgehead atoms. The molecule has 2 amide bonds. The Bertz CT molecular complexity index is 1250. The maximum atomic E-state index is 12.9. The zero-order valence-corrected chi connectivity index (χ0v) is 20.4. The molecule has 0 aliphatic rings. The predicted molar refractivity (Wildman–Crippen MR) is 140 cm³/mol. The number of amides is 2. The molecular weight excluding hydrogens is 454 g/mol. The van der Waals surface area contributed by atoms with Crippen molar-refractivity contribution in [3.05, 3.63) is 90.8 Å². The van der Waals surface area contributed by atoms with Crippen LogP contribution >= 0.6 is 0 Å². The first-order valence-corrected chi connectivity index (χ1v) is 11.9. The van der Waals surface area contributed by atoms with E-state index in [2.05, 4.69) is 5.32 Å². The molecule has 0 saturated carbocycles. The van der Waals surface area contributed by atoms with Gasteiger partial charge < -0.3 is 19.4 Å². The number of anilines is 1. The van der Waals surface area contributed by atoms with Crippen molar-refractivity contribution < 1.29 is 18.7 Å². The summed E-state index contributed by atoms with van der Waals surface area (Å²) in [5.74, 6) is 1.29. The minimum atomic E-state index is -0.288. The zero-order valence-electron chi connectivity index (χ0n) is 20.4. The van der Waals surface area contributed by atoms with Gasteiger partial charge in [-0.3, -0.25) is 9.59 Å². The average molecular weight is 484 g/mol. The summed E-state index contributed by atoms with van der Waals surface area (Å²) >= 11 is 0. The monoisotopic (exact) mass is 483 g/mol. The van der Waals surface area contributed by atoms with Crippen LogP contribution in [0.2, 0.25) is 0 Å². The molecule has 4 aromatic rings. The molecule has 1 aromatic heterocycles. The van der Waals surface area contributed by atoms with Crippen LogP contribution in [0.1, 0.15) is 19.2 Å². The van der Waals surface area contributed by atoms with Gasteiger partial charge in [-0.25, -0.2) is 4.98 Å². The molecule has 7 heteroatoms. The molecule has 0 unspecified atom stereocenters. The first-order valence-electron chi connectivity index (χ1n) is 11.9. The van der Waals surface area contributed by atoms with Gasteiger partial charge in [0, 0.05) is 30.5 Å². The first kappa shape index (κ1) is 24.7. The summed E-state index contributed by atoms with van der Waals surface area (Å²) < 4.78 is 11.4. The maximum absolute atomic E-state index is 12.9. The molecule has 0 aliphatic heterocycles. The van der Waals surface area contributed by atoms with Gasteiger partial charge in [0.2, 0.25) is 11.8 Å². The Labute approximate surface area is 210 Å². The number of hydrogen-bond acceptors (Lipinski definition) is 5. The van der Waals surface area contributed by atoms with E-state index in [1.807, 2.05) is 79.7 Å².